The zero-order valence-electron chi connectivity index (χ0n) is 25.1. The molecule has 1 atom stereocenters. The van der Waals surface area contributed by atoms with Gasteiger partial charge in [0.1, 0.15) is 12.6 Å². The molecule has 0 heterocycles. The van der Waals surface area contributed by atoms with Gasteiger partial charge in [-0.15, -0.1) is 0 Å². The number of amides is 2. The van der Waals surface area contributed by atoms with E-state index >= 15 is 0 Å². The molecule has 3 aromatic rings. The summed E-state index contributed by atoms with van der Waals surface area (Å²) < 4.78 is 29.1. The molecule has 4 rings (SSSR count). The van der Waals surface area contributed by atoms with E-state index in [0.717, 1.165) is 42.4 Å². The maximum absolute atomic E-state index is 14.2. The van der Waals surface area contributed by atoms with Crippen molar-refractivity contribution in [2.24, 2.45) is 0 Å². The number of nitrogens with one attached hydrogen (secondary N) is 1. The van der Waals surface area contributed by atoms with Crippen LogP contribution in [0.2, 0.25) is 0 Å². The maximum atomic E-state index is 14.2. The topological polar surface area (TPSA) is 86.8 Å². The van der Waals surface area contributed by atoms with Gasteiger partial charge in [0.15, 0.2) is 0 Å². The second kappa shape index (κ2) is 14.0. The fourth-order valence-corrected chi connectivity index (χ4v) is 6.89. The summed E-state index contributed by atoms with van der Waals surface area (Å²) in [5.41, 5.74) is 3.43. The fourth-order valence-electron chi connectivity index (χ4n) is 5.45. The number of rotatable bonds is 12. The summed E-state index contributed by atoms with van der Waals surface area (Å²) in [5, 5.41) is 3.15. The molecule has 1 fully saturated rings. The van der Waals surface area contributed by atoms with Crippen LogP contribution in [-0.4, -0.2) is 43.8 Å². The number of hydrogen-bond acceptors (Lipinski definition) is 4. The van der Waals surface area contributed by atoms with E-state index in [-0.39, 0.29) is 29.3 Å². The van der Waals surface area contributed by atoms with Gasteiger partial charge in [-0.1, -0.05) is 93.8 Å². The van der Waals surface area contributed by atoms with Crippen molar-refractivity contribution in [3.8, 4) is 0 Å². The molecule has 1 N–H and O–H groups in total. The zero-order chi connectivity index (χ0) is 30.3. The van der Waals surface area contributed by atoms with E-state index in [0.29, 0.717) is 12.1 Å². The lowest BCUT2D eigenvalue weighted by atomic mass is 10.0. The lowest BCUT2D eigenvalue weighted by Crippen LogP contribution is -2.53. The Kier molecular flexibility index (Phi) is 10.4. The Balaban J connectivity index is 1.71. The summed E-state index contributed by atoms with van der Waals surface area (Å²) in [6, 6.07) is 22.6. The lowest BCUT2D eigenvalue weighted by Gasteiger charge is -2.34. The summed E-state index contributed by atoms with van der Waals surface area (Å²) >= 11 is 0. The predicted octanol–water partition coefficient (Wildman–Crippen LogP) is 6.18. The van der Waals surface area contributed by atoms with Crippen molar-refractivity contribution in [2.45, 2.75) is 89.2 Å². The molecular formula is C34H43N3O4S. The predicted molar refractivity (Wildman–Crippen MR) is 168 cm³/mol. The van der Waals surface area contributed by atoms with E-state index in [1.165, 1.54) is 16.4 Å². The number of hydrogen-bond donors (Lipinski definition) is 1. The van der Waals surface area contributed by atoms with Gasteiger partial charge in [-0.05, 0) is 67.5 Å². The molecule has 8 heteroatoms. The van der Waals surface area contributed by atoms with Gasteiger partial charge in [0.2, 0.25) is 11.8 Å². The highest BCUT2D eigenvalue weighted by Gasteiger charge is 2.34. The van der Waals surface area contributed by atoms with E-state index in [9.17, 15) is 18.0 Å². The minimum atomic E-state index is -4.08. The zero-order valence-corrected chi connectivity index (χ0v) is 25.9. The normalized spacial score (nSPS) is 14.5. The van der Waals surface area contributed by atoms with Gasteiger partial charge < -0.3 is 10.2 Å². The molecular weight excluding hydrogens is 546 g/mol. The Labute approximate surface area is 251 Å². The number of nitrogens with zero attached hydrogens (tertiary/aromatic N) is 2. The van der Waals surface area contributed by atoms with Crippen molar-refractivity contribution in [3.05, 3.63) is 95.6 Å². The van der Waals surface area contributed by atoms with Crippen LogP contribution in [-0.2, 0) is 26.2 Å². The Morgan fingerprint density at radius 3 is 2.10 bits per heavy atom. The van der Waals surface area contributed by atoms with Crippen LogP contribution in [0.1, 0.15) is 75.5 Å². The van der Waals surface area contributed by atoms with Crippen molar-refractivity contribution in [3.63, 3.8) is 0 Å². The molecule has 0 spiro atoms. The van der Waals surface area contributed by atoms with Crippen molar-refractivity contribution in [1.82, 2.24) is 10.2 Å². The van der Waals surface area contributed by atoms with Gasteiger partial charge in [-0.3, -0.25) is 13.9 Å². The smallest absolute Gasteiger partial charge is 0.264 e. The summed E-state index contributed by atoms with van der Waals surface area (Å²) in [6.45, 7) is 7.78. The highest BCUT2D eigenvalue weighted by molar-refractivity contribution is 7.92. The van der Waals surface area contributed by atoms with Gasteiger partial charge in [0, 0.05) is 12.6 Å². The third-order valence-corrected chi connectivity index (χ3v) is 9.81. The first-order valence-corrected chi connectivity index (χ1v) is 16.4. The first-order valence-electron chi connectivity index (χ1n) is 14.9. The van der Waals surface area contributed by atoms with Crippen LogP contribution in [0.15, 0.2) is 83.8 Å². The van der Waals surface area contributed by atoms with Gasteiger partial charge >= 0.3 is 0 Å². The first kappa shape index (κ1) is 31.3. The van der Waals surface area contributed by atoms with Crippen LogP contribution in [0.4, 0.5) is 5.69 Å². The number of carbonyl (C=O) groups is 2. The van der Waals surface area contributed by atoms with Crippen molar-refractivity contribution in [2.75, 3.05) is 10.8 Å². The third kappa shape index (κ3) is 7.59. The fraction of sp³-hybridized carbons (Fsp3) is 0.412. The van der Waals surface area contributed by atoms with Gasteiger partial charge in [-0.25, -0.2) is 8.42 Å². The van der Waals surface area contributed by atoms with Gasteiger partial charge in [0.05, 0.1) is 10.6 Å². The average molecular weight is 590 g/mol. The van der Waals surface area contributed by atoms with Crippen LogP contribution in [0.25, 0.3) is 0 Å². The molecule has 0 aromatic heterocycles. The van der Waals surface area contributed by atoms with E-state index in [4.69, 9.17) is 0 Å². The lowest BCUT2D eigenvalue weighted by molar-refractivity contribution is -0.140. The van der Waals surface area contributed by atoms with E-state index in [2.05, 4.69) is 19.2 Å². The standard InChI is InChI=1S/C34H43N3O4S/c1-5-32(34(39)35-29-11-9-10-12-29)36(23-27-17-15-26(4)16-18-27)33(38)24-37(30-21-19-28(20-22-30)25(2)3)42(40,41)31-13-7-6-8-14-31/h6-8,13-22,25,29,32H,5,9-12,23-24H2,1-4H3,(H,35,39)/t32-/m1/s1. The van der Waals surface area contributed by atoms with Crippen LogP contribution in [0.3, 0.4) is 0 Å². The van der Waals surface area contributed by atoms with Crippen molar-refractivity contribution in [1.29, 1.82) is 0 Å². The molecule has 0 unspecified atom stereocenters. The van der Waals surface area contributed by atoms with Crippen molar-refractivity contribution < 1.29 is 18.0 Å². The summed E-state index contributed by atoms with van der Waals surface area (Å²) in [4.78, 5) is 29.4. The second-order valence-electron chi connectivity index (χ2n) is 11.5. The average Bonchev–Trinajstić information content (AvgIpc) is 3.50. The summed E-state index contributed by atoms with van der Waals surface area (Å²) in [6.07, 6.45) is 4.43. The number of carbonyl (C=O) groups excluding carboxylic acids is 2. The molecule has 1 aliphatic carbocycles. The van der Waals surface area contributed by atoms with E-state index in [1.54, 1.807) is 35.2 Å². The summed E-state index contributed by atoms with van der Waals surface area (Å²) in [5.74, 6) is -0.353. The molecule has 42 heavy (non-hydrogen) atoms. The molecule has 7 nitrogen and oxygen atoms in total. The van der Waals surface area contributed by atoms with Crippen LogP contribution >= 0.6 is 0 Å². The Hall–Kier alpha value is -3.65. The SMILES string of the molecule is CC[C@H](C(=O)NC1CCCC1)N(Cc1ccc(C)cc1)C(=O)CN(c1ccc(C(C)C)cc1)S(=O)(=O)c1ccccc1. The highest BCUT2D eigenvalue weighted by Crippen LogP contribution is 2.27. The molecule has 2 amide bonds. The minimum Gasteiger partial charge on any atom is -0.352 e. The maximum Gasteiger partial charge on any atom is 0.264 e. The highest BCUT2D eigenvalue weighted by atomic mass is 32.2. The Morgan fingerprint density at radius 2 is 1.52 bits per heavy atom. The molecule has 1 aliphatic rings. The minimum absolute atomic E-state index is 0.0989. The Morgan fingerprint density at radius 1 is 0.905 bits per heavy atom. The number of anilines is 1. The van der Waals surface area contributed by atoms with Crippen molar-refractivity contribution >= 4 is 27.5 Å². The molecule has 0 radical (unpaired) electrons. The molecule has 0 aliphatic heterocycles. The number of benzene rings is 3. The molecule has 3 aromatic carbocycles. The van der Waals surface area contributed by atoms with E-state index < -0.39 is 28.5 Å². The summed E-state index contributed by atoms with van der Waals surface area (Å²) in [7, 11) is -4.08. The molecule has 1 saturated carbocycles. The Bertz CT molecular complexity index is 1430. The van der Waals surface area contributed by atoms with E-state index in [1.807, 2.05) is 50.2 Å². The van der Waals surface area contributed by atoms with Crippen LogP contribution < -0.4 is 9.62 Å². The van der Waals surface area contributed by atoms with Gasteiger partial charge in [-0.2, -0.15) is 0 Å². The number of aryl methyl sites for hydroxylation is 1. The monoisotopic (exact) mass is 589 g/mol. The molecule has 0 saturated heterocycles. The number of sulfonamides is 1. The molecule has 224 valence electrons. The second-order valence-corrected chi connectivity index (χ2v) is 13.4. The quantitative estimate of drug-likeness (QED) is 0.273. The van der Waals surface area contributed by atoms with Crippen LogP contribution in [0.5, 0.6) is 0 Å². The largest absolute Gasteiger partial charge is 0.352 e. The van der Waals surface area contributed by atoms with Crippen LogP contribution in [0, 0.1) is 6.92 Å². The third-order valence-electron chi connectivity index (χ3n) is 8.02. The first-order chi connectivity index (χ1) is 20.1. The van der Waals surface area contributed by atoms with Gasteiger partial charge in [0.25, 0.3) is 10.0 Å². The molecule has 0 bridgehead atoms.